The van der Waals surface area contributed by atoms with E-state index in [1.165, 1.54) is 12.2 Å². The van der Waals surface area contributed by atoms with Crippen molar-refractivity contribution < 1.29 is 23.9 Å². The molecule has 1 heterocycles. The molecule has 0 spiro atoms. The van der Waals surface area contributed by atoms with E-state index in [2.05, 4.69) is 5.32 Å². The summed E-state index contributed by atoms with van der Waals surface area (Å²) in [5.74, 6) is -1.19. The molecule has 3 amide bonds. The maximum Gasteiger partial charge on any atom is 0.334 e. The number of nitrogens with one attached hydrogen (secondary N) is 1. The van der Waals surface area contributed by atoms with E-state index >= 15 is 0 Å². The van der Waals surface area contributed by atoms with E-state index in [1.54, 1.807) is 0 Å². The summed E-state index contributed by atoms with van der Waals surface area (Å²) in [7, 11) is 0. The molecule has 0 fully saturated rings. The summed E-state index contributed by atoms with van der Waals surface area (Å²) in [5, 5.41) is 2.83. The zero-order valence-electron chi connectivity index (χ0n) is 26.0. The number of ether oxygens (including phenoxy) is 1. The maximum atomic E-state index is 12.8. The number of nitrogens with zero attached hydrogens (tertiary/aromatic N) is 1. The Morgan fingerprint density at radius 1 is 0.714 bits per heavy atom. The predicted molar refractivity (Wildman–Crippen MR) is 169 cm³/mol. The van der Waals surface area contributed by atoms with E-state index in [0.717, 1.165) is 60.1 Å². The molecule has 2 aromatic carbocycles. The first kappa shape index (κ1) is 36.0. The number of rotatable bonds is 15. The Labute approximate surface area is 252 Å². The number of esters is 1. The highest BCUT2D eigenvalue weighted by Gasteiger charge is 2.23. The lowest BCUT2D eigenvalue weighted by molar-refractivity contribution is -0.139. The molecule has 0 bridgehead atoms. The van der Waals surface area contributed by atoms with E-state index in [1.807, 2.05) is 95.3 Å². The number of benzene rings is 2. The van der Waals surface area contributed by atoms with Crippen LogP contribution in [0.4, 0.5) is 0 Å². The molecule has 0 radical (unpaired) electrons. The summed E-state index contributed by atoms with van der Waals surface area (Å²) < 4.78 is 5.58. The summed E-state index contributed by atoms with van der Waals surface area (Å²) >= 11 is 0. The Morgan fingerprint density at radius 2 is 1.19 bits per heavy atom. The first-order valence-corrected chi connectivity index (χ1v) is 15.3. The molecular formula is C35H48N2O5. The van der Waals surface area contributed by atoms with Crippen molar-refractivity contribution in [1.29, 1.82) is 0 Å². The number of unbranched alkanes of at least 4 members (excludes halogenated alkanes) is 5. The molecule has 42 heavy (non-hydrogen) atoms. The van der Waals surface area contributed by atoms with Gasteiger partial charge in [-0.25, -0.2) is 4.79 Å². The summed E-state index contributed by atoms with van der Waals surface area (Å²) in [6.07, 6.45) is 8.27. The van der Waals surface area contributed by atoms with Crippen LogP contribution >= 0.6 is 0 Å². The van der Waals surface area contributed by atoms with Crippen molar-refractivity contribution in [1.82, 2.24) is 10.2 Å². The molecule has 2 aromatic rings. The number of imide groups is 1. The van der Waals surface area contributed by atoms with Crippen LogP contribution in [-0.4, -0.2) is 48.3 Å². The van der Waals surface area contributed by atoms with Crippen LogP contribution in [0.5, 0.6) is 0 Å². The second-order valence-corrected chi connectivity index (χ2v) is 9.25. The van der Waals surface area contributed by atoms with Gasteiger partial charge in [-0.1, -0.05) is 114 Å². The third-order valence-electron chi connectivity index (χ3n) is 6.40. The van der Waals surface area contributed by atoms with Gasteiger partial charge in [0.2, 0.25) is 5.91 Å². The summed E-state index contributed by atoms with van der Waals surface area (Å²) in [6, 6.07) is 19.8. The lowest BCUT2D eigenvalue weighted by atomic mass is 9.93. The molecular weight excluding hydrogens is 528 g/mol. The SMILES string of the molecule is CC.CC.CC(C(=O)OCCCCCCCCNC(=O)CCN1C(=O)C=CC1=O)=C(c1ccccc1)c1ccccc1. The Balaban J connectivity index is 0.00000211. The van der Waals surface area contributed by atoms with Gasteiger partial charge in [0.15, 0.2) is 0 Å². The summed E-state index contributed by atoms with van der Waals surface area (Å²) in [6.45, 7) is 10.9. The standard InChI is InChI=1S/C31H36N2O5.2C2H6/c1-24(30(25-14-8-6-9-15-25)26-16-10-7-11-17-26)31(37)38-23-13-5-3-2-4-12-21-32-27(34)20-22-33-28(35)18-19-29(33)36;2*1-2/h6-11,14-19H,2-5,12-13,20-23H2,1H3,(H,32,34);2*1-2H3. The number of hydrogen-bond acceptors (Lipinski definition) is 5. The molecule has 7 nitrogen and oxygen atoms in total. The Kier molecular flexibility index (Phi) is 18.6. The van der Waals surface area contributed by atoms with E-state index in [-0.39, 0.29) is 36.7 Å². The average molecular weight is 577 g/mol. The number of amides is 3. The monoisotopic (exact) mass is 576 g/mol. The fourth-order valence-electron chi connectivity index (χ4n) is 4.30. The zero-order chi connectivity index (χ0) is 31.2. The highest BCUT2D eigenvalue weighted by molar-refractivity contribution is 6.13. The maximum absolute atomic E-state index is 12.8. The van der Waals surface area contributed by atoms with Crippen LogP contribution in [0.3, 0.4) is 0 Å². The molecule has 228 valence electrons. The van der Waals surface area contributed by atoms with Gasteiger partial charge in [0.05, 0.1) is 6.61 Å². The van der Waals surface area contributed by atoms with Crippen LogP contribution in [-0.2, 0) is 23.9 Å². The third-order valence-corrected chi connectivity index (χ3v) is 6.40. The Morgan fingerprint density at radius 3 is 1.71 bits per heavy atom. The summed E-state index contributed by atoms with van der Waals surface area (Å²) in [4.78, 5) is 48.7. The number of carbonyl (C=O) groups is 4. The van der Waals surface area contributed by atoms with E-state index in [4.69, 9.17) is 4.74 Å². The minimum Gasteiger partial charge on any atom is -0.462 e. The Bertz CT molecular complexity index is 1100. The smallest absolute Gasteiger partial charge is 0.334 e. The van der Waals surface area contributed by atoms with Gasteiger partial charge in [0.25, 0.3) is 11.8 Å². The average Bonchev–Trinajstić information content (AvgIpc) is 3.36. The van der Waals surface area contributed by atoms with Gasteiger partial charge in [0, 0.05) is 37.2 Å². The highest BCUT2D eigenvalue weighted by atomic mass is 16.5. The second kappa shape index (κ2) is 21.7. The molecule has 1 aliphatic rings. The van der Waals surface area contributed by atoms with Crippen LogP contribution in [0.1, 0.15) is 90.7 Å². The minimum absolute atomic E-state index is 0.107. The highest BCUT2D eigenvalue weighted by Crippen LogP contribution is 2.27. The largest absolute Gasteiger partial charge is 0.462 e. The van der Waals surface area contributed by atoms with E-state index in [9.17, 15) is 19.2 Å². The van der Waals surface area contributed by atoms with E-state index in [0.29, 0.717) is 18.7 Å². The minimum atomic E-state index is -0.367. The molecule has 0 saturated heterocycles. The molecule has 0 saturated carbocycles. The lowest BCUT2D eigenvalue weighted by Crippen LogP contribution is -2.34. The second-order valence-electron chi connectivity index (χ2n) is 9.25. The van der Waals surface area contributed by atoms with Crippen molar-refractivity contribution in [2.75, 3.05) is 19.7 Å². The fraction of sp³-hybridized carbons (Fsp3) is 0.429. The van der Waals surface area contributed by atoms with Crippen molar-refractivity contribution in [3.05, 3.63) is 89.5 Å². The van der Waals surface area contributed by atoms with Crippen LogP contribution < -0.4 is 5.32 Å². The molecule has 0 aliphatic carbocycles. The van der Waals surface area contributed by atoms with Crippen molar-refractivity contribution in [3.63, 3.8) is 0 Å². The van der Waals surface area contributed by atoms with Crippen LogP contribution in [0.15, 0.2) is 78.4 Å². The van der Waals surface area contributed by atoms with Gasteiger partial charge in [-0.15, -0.1) is 0 Å². The molecule has 7 heteroatoms. The summed E-state index contributed by atoms with van der Waals surface area (Å²) in [5.41, 5.74) is 3.45. The fourth-order valence-corrected chi connectivity index (χ4v) is 4.30. The van der Waals surface area contributed by atoms with Crippen molar-refractivity contribution >= 4 is 29.3 Å². The molecule has 1 aliphatic heterocycles. The third kappa shape index (κ3) is 12.7. The topological polar surface area (TPSA) is 92.8 Å². The van der Waals surface area contributed by atoms with E-state index < -0.39 is 0 Å². The van der Waals surface area contributed by atoms with Gasteiger partial charge < -0.3 is 10.1 Å². The molecule has 0 atom stereocenters. The molecule has 0 aromatic heterocycles. The molecule has 0 unspecified atom stereocenters. The van der Waals surface area contributed by atoms with Crippen molar-refractivity contribution in [3.8, 4) is 0 Å². The first-order valence-electron chi connectivity index (χ1n) is 15.3. The van der Waals surface area contributed by atoms with Crippen molar-refractivity contribution in [2.24, 2.45) is 0 Å². The number of hydrogen-bond donors (Lipinski definition) is 1. The zero-order valence-corrected chi connectivity index (χ0v) is 26.0. The first-order chi connectivity index (χ1) is 20.5. The quantitative estimate of drug-likeness (QED) is 0.108. The normalized spacial score (nSPS) is 11.6. The van der Waals surface area contributed by atoms with Crippen LogP contribution in [0.25, 0.3) is 5.57 Å². The Hall–Kier alpha value is -4.00. The van der Waals surface area contributed by atoms with Gasteiger partial charge in [0.1, 0.15) is 0 Å². The van der Waals surface area contributed by atoms with Gasteiger partial charge in [-0.05, 0) is 36.5 Å². The van der Waals surface area contributed by atoms with Gasteiger partial charge in [-0.2, -0.15) is 0 Å². The van der Waals surface area contributed by atoms with Crippen molar-refractivity contribution in [2.45, 2.75) is 79.6 Å². The molecule has 3 rings (SSSR count). The van der Waals surface area contributed by atoms with Crippen LogP contribution in [0.2, 0.25) is 0 Å². The lowest BCUT2D eigenvalue weighted by Gasteiger charge is -2.13. The van der Waals surface area contributed by atoms with Crippen LogP contribution in [0, 0.1) is 0 Å². The van der Waals surface area contributed by atoms with Gasteiger partial charge in [-0.3, -0.25) is 19.3 Å². The van der Waals surface area contributed by atoms with Gasteiger partial charge >= 0.3 is 5.97 Å². The predicted octanol–water partition coefficient (Wildman–Crippen LogP) is 6.88. The molecule has 1 N–H and O–H groups in total. The number of carbonyl (C=O) groups excluding carboxylic acids is 4.